The van der Waals surface area contributed by atoms with Gasteiger partial charge in [0.1, 0.15) is 25.4 Å². The van der Waals surface area contributed by atoms with E-state index in [0.717, 1.165) is 128 Å². The molecule has 0 amide bonds. The Balaban J connectivity index is 4.36. The van der Waals surface area contributed by atoms with Crippen molar-refractivity contribution >= 4 is 33.6 Å². The van der Waals surface area contributed by atoms with Gasteiger partial charge >= 0.3 is 33.6 Å². The van der Waals surface area contributed by atoms with Crippen LogP contribution in [0.2, 0.25) is 0 Å². The largest absolute Gasteiger partial charge is 0.472 e. The van der Waals surface area contributed by atoms with Gasteiger partial charge in [-0.3, -0.25) is 32.5 Å². The molecule has 0 aromatic carbocycles. The minimum atomic E-state index is -4.92. The molecule has 0 aliphatic heterocycles. The van der Waals surface area contributed by atoms with E-state index >= 15 is 0 Å². The Morgan fingerprint density at radius 2 is 0.570 bits per heavy atom. The van der Waals surface area contributed by atoms with Gasteiger partial charge in [-0.05, 0) is 96.3 Å². The van der Waals surface area contributed by atoms with Crippen molar-refractivity contribution < 1.29 is 75.8 Å². The first-order valence-electron chi connectivity index (χ1n) is 36.5. The molecule has 0 aliphatic carbocycles. The number of carbonyl (C=O) groups excluding carboxylic acids is 3. The van der Waals surface area contributed by atoms with Crippen molar-refractivity contribution in [2.24, 2.45) is 0 Å². The van der Waals surface area contributed by atoms with E-state index in [2.05, 4.69) is 118 Å². The quantitative estimate of drug-likeness (QED) is 0.0146. The van der Waals surface area contributed by atoms with Crippen LogP contribution in [0.5, 0.6) is 0 Å². The predicted octanol–water partition coefficient (Wildman–Crippen LogP) is 20.6. The van der Waals surface area contributed by atoms with Crippen LogP contribution in [-0.4, -0.2) is 95.9 Å². The maximum atomic E-state index is 12.9. The lowest BCUT2D eigenvalue weighted by atomic mass is 10.0. The summed E-state index contributed by atoms with van der Waals surface area (Å²) in [7, 11) is -9.77. The Hall–Kier alpha value is -3.53. The second kappa shape index (κ2) is 68.4. The number of carbonyl (C=O) groups is 3. The van der Waals surface area contributed by atoms with Gasteiger partial charge in [-0.25, -0.2) is 9.13 Å². The SMILES string of the molecule is CC/C=C\C/C=C\C/C=C\C/C=C\C/C=C\CCCCCCCCCCCCCCCCCC(=O)OCC(O)COP(=O)(O)OCC(O)COP(=O)(O)OCC(COC(=O)CCCCCCC/C=C\C/C=C\C/C=C\CC)OC(=O)CCCCCCCCCCCCC. The van der Waals surface area contributed by atoms with E-state index in [1.807, 2.05) is 0 Å². The molecule has 0 saturated carbocycles. The highest BCUT2D eigenvalue weighted by Gasteiger charge is 2.29. The van der Waals surface area contributed by atoms with Crippen LogP contribution in [-0.2, 0) is 55.8 Å². The minimum absolute atomic E-state index is 0.104. The van der Waals surface area contributed by atoms with Crippen molar-refractivity contribution in [2.75, 3.05) is 39.6 Å². The number of phosphoric ester groups is 2. The highest BCUT2D eigenvalue weighted by molar-refractivity contribution is 7.47. The Bertz CT molecular complexity index is 2080. The van der Waals surface area contributed by atoms with Gasteiger partial charge in [0, 0.05) is 19.3 Å². The molecule has 0 bridgehead atoms. The third kappa shape index (κ3) is 69.6. The lowest BCUT2D eigenvalue weighted by Gasteiger charge is -2.21. The molecule has 0 rings (SSSR count). The molecular formula is C75H132O16P2. The summed E-state index contributed by atoms with van der Waals surface area (Å²) >= 11 is 0. The second-order valence-corrected chi connectivity index (χ2v) is 27.2. The Morgan fingerprint density at radius 3 is 0.903 bits per heavy atom. The smallest absolute Gasteiger partial charge is 0.463 e. The number of allylic oxidation sites excluding steroid dienone is 16. The summed E-state index contributed by atoms with van der Waals surface area (Å²) in [6.45, 7) is 2.43. The normalized spacial score (nSPS) is 14.7. The lowest BCUT2D eigenvalue weighted by molar-refractivity contribution is -0.161. The van der Waals surface area contributed by atoms with E-state index in [4.69, 9.17) is 32.3 Å². The summed E-state index contributed by atoms with van der Waals surface area (Å²) in [5.74, 6) is -1.59. The van der Waals surface area contributed by atoms with Gasteiger partial charge in [0.2, 0.25) is 0 Å². The average molecular weight is 1350 g/mol. The van der Waals surface area contributed by atoms with Crippen molar-refractivity contribution in [3.05, 3.63) is 97.2 Å². The summed E-state index contributed by atoms with van der Waals surface area (Å²) < 4.78 is 60.9. The monoisotopic (exact) mass is 1350 g/mol. The van der Waals surface area contributed by atoms with Crippen molar-refractivity contribution in [1.29, 1.82) is 0 Å². The third-order valence-corrected chi connectivity index (χ3v) is 17.2. The number of hydrogen-bond acceptors (Lipinski definition) is 14. The third-order valence-electron chi connectivity index (χ3n) is 15.3. The van der Waals surface area contributed by atoms with Crippen LogP contribution in [0.3, 0.4) is 0 Å². The zero-order valence-electron chi connectivity index (χ0n) is 58.4. The fourth-order valence-electron chi connectivity index (χ4n) is 9.79. The number of ether oxygens (including phenoxy) is 3. The highest BCUT2D eigenvalue weighted by Crippen LogP contribution is 2.45. The van der Waals surface area contributed by atoms with Crippen LogP contribution in [0.25, 0.3) is 0 Å². The van der Waals surface area contributed by atoms with E-state index in [1.165, 1.54) is 116 Å². The lowest BCUT2D eigenvalue weighted by Crippen LogP contribution is -2.30. The molecule has 0 fully saturated rings. The first kappa shape index (κ1) is 89.5. The van der Waals surface area contributed by atoms with E-state index in [-0.39, 0.29) is 19.3 Å². The zero-order chi connectivity index (χ0) is 68.1. The van der Waals surface area contributed by atoms with E-state index in [1.54, 1.807) is 0 Å². The molecule has 0 heterocycles. The number of rotatable bonds is 69. The minimum Gasteiger partial charge on any atom is -0.463 e. The number of aliphatic hydroxyl groups excluding tert-OH is 2. The number of unbranched alkanes of at least 4 members (excludes halogenated alkanes) is 30. The van der Waals surface area contributed by atoms with Gasteiger partial charge in [-0.15, -0.1) is 0 Å². The fourth-order valence-corrected chi connectivity index (χ4v) is 11.4. The summed E-state index contributed by atoms with van der Waals surface area (Å²) in [6.07, 6.45) is 76.3. The topological polar surface area (TPSA) is 231 Å². The highest BCUT2D eigenvalue weighted by atomic mass is 31.2. The van der Waals surface area contributed by atoms with Gasteiger partial charge in [-0.2, -0.15) is 0 Å². The number of phosphoric acid groups is 2. The average Bonchev–Trinajstić information content (AvgIpc) is 2.38. The Morgan fingerprint density at radius 1 is 0.312 bits per heavy atom. The summed E-state index contributed by atoms with van der Waals surface area (Å²) in [5.41, 5.74) is 0. The molecule has 538 valence electrons. The van der Waals surface area contributed by atoms with Gasteiger partial charge in [-0.1, -0.05) is 285 Å². The first-order chi connectivity index (χ1) is 45.2. The molecule has 0 radical (unpaired) electrons. The van der Waals surface area contributed by atoms with Crippen LogP contribution >= 0.6 is 15.6 Å². The van der Waals surface area contributed by atoms with Crippen LogP contribution < -0.4 is 0 Å². The molecule has 0 aromatic heterocycles. The van der Waals surface area contributed by atoms with E-state index in [0.29, 0.717) is 19.3 Å². The van der Waals surface area contributed by atoms with Crippen molar-refractivity contribution in [3.8, 4) is 0 Å². The number of hydrogen-bond donors (Lipinski definition) is 4. The van der Waals surface area contributed by atoms with Gasteiger partial charge < -0.3 is 34.2 Å². The maximum absolute atomic E-state index is 12.9. The van der Waals surface area contributed by atoms with Gasteiger partial charge in [0.25, 0.3) is 0 Å². The molecule has 0 aromatic rings. The molecule has 5 unspecified atom stereocenters. The van der Waals surface area contributed by atoms with E-state index in [9.17, 15) is 43.5 Å². The standard InChI is InChI=1S/C75H132O16P2/c1-4-7-10-13-16-19-22-24-26-27-28-29-30-31-32-33-34-35-36-37-38-39-40-41-43-45-47-49-52-55-58-61-73(78)85-64-70(76)65-87-92(81,82)88-66-71(77)67-89-93(83,84)90-69-72(91-75(80)63-60-57-54-51-46-21-18-15-12-9-6-3)68-86-74(79)62-59-56-53-50-48-44-42-25-23-20-17-14-11-8-5-2/h7-8,10-11,16-17,19-20,24-26,28-29,31-32,42,70-72,76-77H,4-6,9,12-15,18,21-23,27,30,33-41,43-69H2,1-3H3,(H,81,82)(H,83,84)/b10-7-,11-8-,19-16-,20-17-,26-24-,29-28-,32-31-,42-25-. The molecule has 4 N–H and O–H groups in total. The zero-order valence-corrected chi connectivity index (χ0v) is 60.2. The van der Waals surface area contributed by atoms with Gasteiger partial charge in [0.15, 0.2) is 6.10 Å². The molecular weight excluding hydrogens is 1220 g/mol. The second-order valence-electron chi connectivity index (χ2n) is 24.3. The van der Waals surface area contributed by atoms with Crippen LogP contribution in [0.4, 0.5) is 0 Å². The molecule has 16 nitrogen and oxygen atoms in total. The molecule has 93 heavy (non-hydrogen) atoms. The summed E-state index contributed by atoms with van der Waals surface area (Å²) in [5, 5.41) is 20.6. The maximum Gasteiger partial charge on any atom is 0.472 e. The molecule has 0 saturated heterocycles. The fraction of sp³-hybridized carbons (Fsp3) is 0.747. The van der Waals surface area contributed by atoms with Crippen molar-refractivity contribution in [2.45, 2.75) is 322 Å². The first-order valence-corrected chi connectivity index (χ1v) is 39.5. The van der Waals surface area contributed by atoms with E-state index < -0.39 is 91.5 Å². The number of aliphatic hydroxyl groups is 2. The van der Waals surface area contributed by atoms with Gasteiger partial charge in [0.05, 0.1) is 26.4 Å². The van der Waals surface area contributed by atoms with Crippen molar-refractivity contribution in [3.63, 3.8) is 0 Å². The molecule has 0 aliphatic rings. The Labute approximate surface area is 565 Å². The van der Waals surface area contributed by atoms with Crippen LogP contribution in [0.1, 0.15) is 303 Å². The number of esters is 3. The van der Waals surface area contributed by atoms with Crippen LogP contribution in [0, 0.1) is 0 Å². The van der Waals surface area contributed by atoms with Crippen molar-refractivity contribution in [1.82, 2.24) is 0 Å². The molecule has 0 spiro atoms. The molecule has 18 heteroatoms. The van der Waals surface area contributed by atoms with Crippen LogP contribution in [0.15, 0.2) is 97.2 Å². The molecule has 5 atom stereocenters. The summed E-state index contributed by atoms with van der Waals surface area (Å²) in [4.78, 5) is 58.3. The Kier molecular flexibility index (Phi) is 65.8. The predicted molar refractivity (Wildman–Crippen MR) is 381 cm³/mol. The summed E-state index contributed by atoms with van der Waals surface area (Å²) in [6, 6.07) is 0.